The minimum Gasteiger partial charge on any atom is -0.497 e. The van der Waals surface area contributed by atoms with Crippen LogP contribution in [-0.4, -0.2) is 57.6 Å². The second kappa shape index (κ2) is 11.8. The summed E-state index contributed by atoms with van der Waals surface area (Å²) in [5.74, 6) is -0.971. The molecule has 0 aliphatic carbocycles. The summed E-state index contributed by atoms with van der Waals surface area (Å²) in [6, 6.07) is 11.3. The van der Waals surface area contributed by atoms with E-state index >= 15 is 0 Å². The Bertz CT molecular complexity index is 1110. The number of nitrogens with zero attached hydrogens (tertiary/aromatic N) is 2. The van der Waals surface area contributed by atoms with E-state index in [-0.39, 0.29) is 23.7 Å². The van der Waals surface area contributed by atoms with E-state index in [1.54, 1.807) is 18.2 Å². The first-order valence-corrected chi connectivity index (χ1v) is 12.7. The Labute approximate surface area is 200 Å². The molecule has 1 atom stereocenters. The molecule has 0 saturated heterocycles. The molecule has 1 N–H and O–H groups in total. The van der Waals surface area contributed by atoms with Gasteiger partial charge in [0.05, 0.1) is 19.1 Å². The molecule has 0 unspecified atom stereocenters. The number of hydrogen-bond donors (Lipinski definition) is 1. The van der Waals surface area contributed by atoms with Crippen LogP contribution in [0.5, 0.6) is 5.75 Å². The highest BCUT2D eigenvalue weighted by atomic mass is 32.2. The first-order valence-electron chi connectivity index (χ1n) is 10.9. The third-order valence-electron chi connectivity index (χ3n) is 5.17. The van der Waals surface area contributed by atoms with E-state index in [2.05, 4.69) is 5.32 Å². The zero-order valence-electron chi connectivity index (χ0n) is 20.1. The predicted molar refractivity (Wildman–Crippen MR) is 129 cm³/mol. The summed E-state index contributed by atoms with van der Waals surface area (Å²) in [5, 5.41) is 2.77. The van der Waals surface area contributed by atoms with Gasteiger partial charge < -0.3 is 15.0 Å². The number of hydrogen-bond acceptors (Lipinski definition) is 5. The molecule has 2 aromatic carbocycles. The lowest BCUT2D eigenvalue weighted by molar-refractivity contribution is -0.139. The van der Waals surface area contributed by atoms with E-state index in [0.29, 0.717) is 12.3 Å². The number of rotatable bonds is 11. The Kier molecular flexibility index (Phi) is 9.43. The lowest BCUT2D eigenvalue weighted by Crippen LogP contribution is -2.51. The predicted octanol–water partition coefficient (Wildman–Crippen LogP) is 2.79. The highest BCUT2D eigenvalue weighted by molar-refractivity contribution is 7.92. The molecule has 0 spiro atoms. The standard InChI is InChI=1S/C24H32FN3O5S/c1-17(2)14-26-24(30)18(3)27(15-19-9-6-7-12-22(19)25)23(29)16-28(34(5,31)32)20-10-8-11-21(13-20)33-4/h6-13,17-18H,14-16H2,1-5H3,(H,26,30)/t18-/m1/s1. The van der Waals surface area contributed by atoms with E-state index in [0.717, 1.165) is 10.6 Å². The van der Waals surface area contributed by atoms with E-state index in [1.165, 1.54) is 49.3 Å². The van der Waals surface area contributed by atoms with Crippen molar-refractivity contribution in [2.45, 2.75) is 33.4 Å². The van der Waals surface area contributed by atoms with Gasteiger partial charge >= 0.3 is 0 Å². The number of methoxy groups -OCH3 is 1. The number of anilines is 1. The van der Waals surface area contributed by atoms with Gasteiger partial charge in [-0.25, -0.2) is 12.8 Å². The Morgan fingerprint density at radius 3 is 2.35 bits per heavy atom. The molecule has 0 saturated carbocycles. The Morgan fingerprint density at radius 1 is 1.09 bits per heavy atom. The van der Waals surface area contributed by atoms with Crippen molar-refractivity contribution in [2.24, 2.45) is 5.92 Å². The molecule has 8 nitrogen and oxygen atoms in total. The van der Waals surface area contributed by atoms with E-state index in [9.17, 15) is 22.4 Å². The van der Waals surface area contributed by atoms with Gasteiger partial charge in [0.2, 0.25) is 21.8 Å². The molecule has 2 aromatic rings. The molecular weight excluding hydrogens is 461 g/mol. The molecule has 186 valence electrons. The van der Waals surface area contributed by atoms with Crippen molar-refractivity contribution in [3.8, 4) is 5.75 Å². The van der Waals surface area contributed by atoms with Crippen LogP contribution in [0.4, 0.5) is 10.1 Å². The van der Waals surface area contributed by atoms with Crippen LogP contribution in [-0.2, 0) is 26.2 Å². The molecule has 0 aliphatic heterocycles. The maximum atomic E-state index is 14.4. The van der Waals surface area contributed by atoms with Crippen LogP contribution in [0, 0.1) is 11.7 Å². The maximum absolute atomic E-state index is 14.4. The summed E-state index contributed by atoms with van der Waals surface area (Å²) in [4.78, 5) is 27.4. The third kappa shape index (κ3) is 7.44. The summed E-state index contributed by atoms with van der Waals surface area (Å²) in [6.07, 6.45) is 0.986. The van der Waals surface area contributed by atoms with E-state index < -0.39 is 40.2 Å². The van der Waals surface area contributed by atoms with E-state index in [4.69, 9.17) is 4.74 Å². The first-order chi connectivity index (χ1) is 15.9. The van der Waals surface area contributed by atoms with Crippen molar-refractivity contribution in [3.05, 3.63) is 59.9 Å². The Balaban J connectivity index is 2.39. The summed E-state index contributed by atoms with van der Waals surface area (Å²) < 4.78 is 45.6. The number of halogens is 1. The number of ether oxygens (including phenoxy) is 1. The third-order valence-corrected chi connectivity index (χ3v) is 6.31. The number of carbonyl (C=O) groups excluding carboxylic acids is 2. The molecule has 0 radical (unpaired) electrons. The van der Waals surface area contributed by atoms with Crippen LogP contribution in [0.15, 0.2) is 48.5 Å². The summed E-state index contributed by atoms with van der Waals surface area (Å²) >= 11 is 0. The molecule has 0 fully saturated rings. The Hall–Kier alpha value is -3.14. The molecule has 0 aromatic heterocycles. The van der Waals surface area contributed by atoms with Crippen LogP contribution >= 0.6 is 0 Å². The lowest BCUT2D eigenvalue weighted by Gasteiger charge is -2.31. The van der Waals surface area contributed by atoms with Crippen LogP contribution in [0.2, 0.25) is 0 Å². The SMILES string of the molecule is COc1cccc(N(CC(=O)N(Cc2ccccc2F)[C@H](C)C(=O)NCC(C)C)S(C)(=O)=O)c1. The number of amides is 2. The molecule has 0 bridgehead atoms. The quantitative estimate of drug-likeness (QED) is 0.519. The number of sulfonamides is 1. The van der Waals surface area contributed by atoms with Crippen LogP contribution in [0.3, 0.4) is 0 Å². The largest absolute Gasteiger partial charge is 0.497 e. The van der Waals surface area contributed by atoms with Gasteiger partial charge in [-0.2, -0.15) is 0 Å². The molecule has 0 heterocycles. The summed E-state index contributed by atoms with van der Waals surface area (Å²) in [7, 11) is -2.42. The molecule has 0 aliphatic rings. The fourth-order valence-electron chi connectivity index (χ4n) is 3.22. The van der Waals surface area contributed by atoms with Gasteiger partial charge in [-0.3, -0.25) is 13.9 Å². The molecule has 10 heteroatoms. The van der Waals surface area contributed by atoms with Gasteiger partial charge in [0, 0.05) is 24.7 Å². The van der Waals surface area contributed by atoms with Crippen LogP contribution in [0.1, 0.15) is 26.3 Å². The molecular formula is C24H32FN3O5S. The monoisotopic (exact) mass is 493 g/mol. The fraction of sp³-hybridized carbons (Fsp3) is 0.417. The van der Waals surface area contributed by atoms with Gasteiger partial charge in [-0.15, -0.1) is 0 Å². The molecule has 34 heavy (non-hydrogen) atoms. The first kappa shape index (κ1) is 27.1. The summed E-state index contributed by atoms with van der Waals surface area (Å²) in [5.41, 5.74) is 0.449. The smallest absolute Gasteiger partial charge is 0.244 e. The van der Waals surface area contributed by atoms with Crippen LogP contribution in [0.25, 0.3) is 0 Å². The molecule has 2 rings (SSSR count). The van der Waals surface area contributed by atoms with Crippen LogP contribution < -0.4 is 14.4 Å². The maximum Gasteiger partial charge on any atom is 0.244 e. The number of benzene rings is 2. The van der Waals surface area contributed by atoms with Gasteiger partial charge in [-0.05, 0) is 31.0 Å². The van der Waals surface area contributed by atoms with E-state index in [1.807, 2.05) is 13.8 Å². The second-order valence-electron chi connectivity index (χ2n) is 8.40. The van der Waals surface area contributed by atoms with Crippen molar-refractivity contribution in [3.63, 3.8) is 0 Å². The zero-order valence-corrected chi connectivity index (χ0v) is 20.9. The number of carbonyl (C=O) groups is 2. The highest BCUT2D eigenvalue weighted by Crippen LogP contribution is 2.24. The highest BCUT2D eigenvalue weighted by Gasteiger charge is 2.30. The van der Waals surface area contributed by atoms with Crippen molar-refractivity contribution < 1.29 is 27.1 Å². The fourth-order valence-corrected chi connectivity index (χ4v) is 4.07. The van der Waals surface area contributed by atoms with Gasteiger partial charge in [0.1, 0.15) is 24.2 Å². The minimum atomic E-state index is -3.86. The van der Waals surface area contributed by atoms with Gasteiger partial charge in [0.15, 0.2) is 0 Å². The average molecular weight is 494 g/mol. The number of nitrogens with one attached hydrogen (secondary N) is 1. The van der Waals surface area contributed by atoms with Crippen molar-refractivity contribution in [1.82, 2.24) is 10.2 Å². The zero-order chi connectivity index (χ0) is 25.5. The van der Waals surface area contributed by atoms with Crippen molar-refractivity contribution in [1.29, 1.82) is 0 Å². The van der Waals surface area contributed by atoms with Crippen molar-refractivity contribution in [2.75, 3.05) is 30.8 Å². The normalized spacial score (nSPS) is 12.2. The topological polar surface area (TPSA) is 96.0 Å². The lowest BCUT2D eigenvalue weighted by atomic mass is 10.1. The second-order valence-corrected chi connectivity index (χ2v) is 10.3. The van der Waals surface area contributed by atoms with Gasteiger partial charge in [-0.1, -0.05) is 38.1 Å². The summed E-state index contributed by atoms with van der Waals surface area (Å²) in [6.45, 7) is 5.05. The molecule has 2 amide bonds. The Morgan fingerprint density at radius 2 is 1.76 bits per heavy atom. The minimum absolute atomic E-state index is 0.195. The van der Waals surface area contributed by atoms with Crippen molar-refractivity contribution >= 4 is 27.5 Å². The van der Waals surface area contributed by atoms with Gasteiger partial charge in [0.25, 0.3) is 0 Å². The average Bonchev–Trinajstić information content (AvgIpc) is 2.79.